The van der Waals surface area contributed by atoms with Gasteiger partial charge in [-0.25, -0.2) is 8.42 Å². The summed E-state index contributed by atoms with van der Waals surface area (Å²) in [5, 5.41) is 6.81. The van der Waals surface area contributed by atoms with E-state index >= 15 is 0 Å². The van der Waals surface area contributed by atoms with E-state index in [1.165, 1.54) is 38.4 Å². The average Bonchev–Trinajstić information content (AvgIpc) is 3.04. The molecule has 1 saturated carbocycles. The lowest BCUT2D eigenvalue weighted by Gasteiger charge is -2.28. The van der Waals surface area contributed by atoms with Gasteiger partial charge in [0, 0.05) is 26.4 Å². The number of benzene rings is 1. The van der Waals surface area contributed by atoms with E-state index < -0.39 is 9.84 Å². The quantitative estimate of drug-likeness (QED) is 0.576. The summed E-state index contributed by atoms with van der Waals surface area (Å²) < 4.78 is 22.7. The van der Waals surface area contributed by atoms with E-state index in [-0.39, 0.29) is 5.75 Å². The first-order chi connectivity index (χ1) is 11.9. The molecule has 2 rings (SSSR count). The van der Waals surface area contributed by atoms with Crippen molar-refractivity contribution in [1.82, 2.24) is 10.6 Å². The molecule has 1 aromatic rings. The molecule has 0 atom stereocenters. The molecule has 1 aliphatic rings. The van der Waals surface area contributed by atoms with Gasteiger partial charge in [0.1, 0.15) is 0 Å². The van der Waals surface area contributed by atoms with Crippen LogP contribution in [0.3, 0.4) is 0 Å². The normalized spacial score (nSPS) is 17.5. The van der Waals surface area contributed by atoms with Crippen LogP contribution in [-0.4, -0.2) is 34.2 Å². The minimum Gasteiger partial charge on any atom is -0.356 e. The molecule has 0 aromatic heterocycles. The van der Waals surface area contributed by atoms with Gasteiger partial charge in [-0.05, 0) is 35.8 Å². The number of nitrogens with zero attached hydrogens (tertiary/aromatic N) is 1. The number of sulfone groups is 1. The Morgan fingerprint density at radius 3 is 2.24 bits per heavy atom. The van der Waals surface area contributed by atoms with Crippen molar-refractivity contribution in [2.75, 3.05) is 19.8 Å². The Kier molecular flexibility index (Phi) is 6.87. The maximum absolute atomic E-state index is 11.3. The largest absolute Gasteiger partial charge is 0.356 e. The second-order valence-electron chi connectivity index (χ2n) is 7.23. The maximum Gasteiger partial charge on any atom is 0.191 e. The maximum atomic E-state index is 11.3. The van der Waals surface area contributed by atoms with E-state index in [4.69, 9.17) is 0 Å². The third-order valence-electron chi connectivity index (χ3n) is 5.18. The summed E-state index contributed by atoms with van der Waals surface area (Å²) in [6.07, 6.45) is 7.73. The molecular formula is C19H31N3O2S. The summed E-state index contributed by atoms with van der Waals surface area (Å²) in [6, 6.07) is 7.67. The van der Waals surface area contributed by atoms with Crippen LogP contribution in [0.2, 0.25) is 0 Å². The van der Waals surface area contributed by atoms with Crippen molar-refractivity contribution >= 4 is 15.8 Å². The molecule has 6 heteroatoms. The Morgan fingerprint density at radius 1 is 1.12 bits per heavy atom. The van der Waals surface area contributed by atoms with Crippen molar-refractivity contribution in [3.8, 4) is 0 Å². The summed E-state index contributed by atoms with van der Waals surface area (Å²) in [7, 11) is -1.20. The van der Waals surface area contributed by atoms with Crippen molar-refractivity contribution < 1.29 is 8.42 Å². The fourth-order valence-corrected chi connectivity index (χ4v) is 4.31. The lowest BCUT2D eigenvalue weighted by molar-refractivity contribution is 0.283. The summed E-state index contributed by atoms with van der Waals surface area (Å²) >= 11 is 0. The fourth-order valence-electron chi connectivity index (χ4n) is 3.51. The van der Waals surface area contributed by atoms with Crippen LogP contribution in [-0.2, 0) is 22.1 Å². The standard InChI is InChI=1S/C19H31N3O2S/c1-4-19(11-5-6-12-19)15-22-18(20-2)21-13-16-7-9-17(10-8-16)14-25(3,23)24/h7-10H,4-6,11-15H2,1-3H3,(H2,20,21,22). The summed E-state index contributed by atoms with van der Waals surface area (Å²) in [5.41, 5.74) is 2.34. The van der Waals surface area contributed by atoms with Gasteiger partial charge in [0.05, 0.1) is 5.75 Å². The second kappa shape index (κ2) is 8.70. The van der Waals surface area contributed by atoms with Gasteiger partial charge < -0.3 is 10.6 Å². The molecule has 1 aliphatic carbocycles. The van der Waals surface area contributed by atoms with Crippen molar-refractivity contribution in [3.05, 3.63) is 35.4 Å². The number of rotatable bonds is 7. The van der Waals surface area contributed by atoms with Crippen molar-refractivity contribution in [1.29, 1.82) is 0 Å². The molecule has 1 aromatic carbocycles. The molecule has 140 valence electrons. The topological polar surface area (TPSA) is 70.6 Å². The lowest BCUT2D eigenvalue weighted by Crippen LogP contribution is -2.42. The molecule has 1 fully saturated rings. The number of hydrogen-bond donors (Lipinski definition) is 2. The van der Waals surface area contributed by atoms with Gasteiger partial charge in [0.2, 0.25) is 0 Å². The first kappa shape index (κ1) is 19.8. The first-order valence-electron chi connectivity index (χ1n) is 9.06. The Labute approximate surface area is 152 Å². The minimum absolute atomic E-state index is 0.0863. The van der Waals surface area contributed by atoms with Gasteiger partial charge >= 0.3 is 0 Å². The zero-order chi connectivity index (χ0) is 18.3. The SMILES string of the molecule is CCC1(CNC(=NC)NCc2ccc(CS(C)(=O)=O)cc2)CCCC1. The third-order valence-corrected chi connectivity index (χ3v) is 6.04. The summed E-state index contributed by atoms with van der Waals surface area (Å²) in [4.78, 5) is 4.31. The van der Waals surface area contributed by atoms with E-state index in [2.05, 4.69) is 22.5 Å². The zero-order valence-corrected chi connectivity index (χ0v) is 16.5. The predicted octanol–water partition coefficient (Wildman–Crippen LogP) is 2.87. The molecule has 5 nitrogen and oxygen atoms in total. The van der Waals surface area contributed by atoms with Crippen molar-refractivity contribution in [2.45, 2.75) is 51.3 Å². The van der Waals surface area contributed by atoms with Crippen LogP contribution in [0.15, 0.2) is 29.3 Å². The Bertz CT molecular complexity index is 675. The van der Waals surface area contributed by atoms with E-state index in [0.29, 0.717) is 12.0 Å². The number of guanidine groups is 1. The van der Waals surface area contributed by atoms with Gasteiger partial charge in [-0.3, -0.25) is 4.99 Å². The highest BCUT2D eigenvalue weighted by atomic mass is 32.2. The molecule has 0 radical (unpaired) electrons. The molecule has 25 heavy (non-hydrogen) atoms. The van der Waals surface area contributed by atoms with Crippen LogP contribution in [0.25, 0.3) is 0 Å². The highest BCUT2D eigenvalue weighted by Crippen LogP contribution is 2.40. The molecule has 0 bridgehead atoms. The van der Waals surface area contributed by atoms with Crippen LogP contribution in [0.5, 0.6) is 0 Å². The van der Waals surface area contributed by atoms with Gasteiger partial charge in [-0.2, -0.15) is 0 Å². The molecule has 0 unspecified atom stereocenters. The van der Waals surface area contributed by atoms with Crippen LogP contribution < -0.4 is 10.6 Å². The van der Waals surface area contributed by atoms with Crippen LogP contribution in [0.4, 0.5) is 0 Å². The third kappa shape index (κ3) is 6.34. The molecule has 0 amide bonds. The number of aliphatic imine (C=N–C) groups is 1. The summed E-state index contributed by atoms with van der Waals surface area (Å²) in [6.45, 7) is 3.91. The monoisotopic (exact) mass is 365 g/mol. The summed E-state index contributed by atoms with van der Waals surface area (Å²) in [5.74, 6) is 0.906. The second-order valence-corrected chi connectivity index (χ2v) is 9.37. The van der Waals surface area contributed by atoms with Crippen LogP contribution in [0, 0.1) is 5.41 Å². The molecule has 0 saturated heterocycles. The molecule has 0 aliphatic heterocycles. The van der Waals surface area contributed by atoms with Crippen molar-refractivity contribution in [2.24, 2.45) is 10.4 Å². The Balaban J connectivity index is 1.84. The lowest BCUT2D eigenvalue weighted by atomic mass is 9.83. The Hall–Kier alpha value is -1.56. The molecule has 0 heterocycles. The highest BCUT2D eigenvalue weighted by Gasteiger charge is 2.31. The average molecular weight is 366 g/mol. The van der Waals surface area contributed by atoms with E-state index in [1.54, 1.807) is 7.05 Å². The number of hydrogen-bond acceptors (Lipinski definition) is 3. The van der Waals surface area contributed by atoms with Gasteiger partial charge in [-0.1, -0.05) is 44.0 Å². The fraction of sp³-hybridized carbons (Fsp3) is 0.632. The van der Waals surface area contributed by atoms with E-state index in [1.807, 2.05) is 24.3 Å². The molecule has 0 spiro atoms. The minimum atomic E-state index is -2.99. The van der Waals surface area contributed by atoms with Gasteiger partial charge in [-0.15, -0.1) is 0 Å². The predicted molar refractivity (Wildman–Crippen MR) is 104 cm³/mol. The molecular weight excluding hydrogens is 334 g/mol. The van der Waals surface area contributed by atoms with Gasteiger partial charge in [0.25, 0.3) is 0 Å². The van der Waals surface area contributed by atoms with Crippen molar-refractivity contribution in [3.63, 3.8) is 0 Å². The van der Waals surface area contributed by atoms with Crippen LogP contribution >= 0.6 is 0 Å². The highest BCUT2D eigenvalue weighted by molar-refractivity contribution is 7.89. The first-order valence-corrected chi connectivity index (χ1v) is 11.1. The zero-order valence-electron chi connectivity index (χ0n) is 15.6. The Morgan fingerprint density at radius 2 is 1.72 bits per heavy atom. The van der Waals surface area contributed by atoms with Gasteiger partial charge in [0.15, 0.2) is 15.8 Å². The number of nitrogens with one attached hydrogen (secondary N) is 2. The van der Waals surface area contributed by atoms with E-state index in [9.17, 15) is 8.42 Å². The van der Waals surface area contributed by atoms with E-state index in [0.717, 1.165) is 23.6 Å². The molecule has 2 N–H and O–H groups in total. The van der Waals surface area contributed by atoms with Crippen LogP contribution in [0.1, 0.15) is 50.2 Å². The smallest absolute Gasteiger partial charge is 0.191 e.